The minimum atomic E-state index is -0.167. The van der Waals surface area contributed by atoms with Gasteiger partial charge in [0.2, 0.25) is 5.91 Å². The molecule has 0 heterocycles. The number of hydrogen-bond donors (Lipinski definition) is 2. The van der Waals surface area contributed by atoms with Gasteiger partial charge in [0.15, 0.2) is 0 Å². The highest BCUT2D eigenvalue weighted by Gasteiger charge is 2.21. The van der Waals surface area contributed by atoms with E-state index in [-0.39, 0.29) is 18.6 Å². The Morgan fingerprint density at radius 2 is 2.06 bits per heavy atom. The van der Waals surface area contributed by atoms with Crippen LogP contribution < -0.4 is 5.32 Å². The molecule has 2 N–H and O–H groups in total. The molecule has 1 amide bonds. The second kappa shape index (κ2) is 6.55. The van der Waals surface area contributed by atoms with Gasteiger partial charge in [-0.2, -0.15) is 0 Å². The molecule has 1 fully saturated rings. The molecule has 0 bridgehead atoms. The molecule has 0 saturated heterocycles. The summed E-state index contributed by atoms with van der Waals surface area (Å²) in [5, 5.41) is 12.3. The Morgan fingerprint density at radius 1 is 1.33 bits per heavy atom. The lowest BCUT2D eigenvalue weighted by Crippen LogP contribution is -2.40. The van der Waals surface area contributed by atoms with Crippen molar-refractivity contribution in [3.05, 3.63) is 35.9 Å². The predicted octanol–water partition coefficient (Wildman–Crippen LogP) is 1.90. The van der Waals surface area contributed by atoms with Gasteiger partial charge in [-0.15, -0.1) is 0 Å². The summed E-state index contributed by atoms with van der Waals surface area (Å²) >= 11 is 0. The molecule has 98 valence electrons. The topological polar surface area (TPSA) is 49.3 Å². The maximum Gasteiger partial charge on any atom is 0.220 e. The summed E-state index contributed by atoms with van der Waals surface area (Å²) < 4.78 is 0. The van der Waals surface area contributed by atoms with Crippen LogP contribution in [0.3, 0.4) is 0 Å². The van der Waals surface area contributed by atoms with Gasteiger partial charge in [-0.05, 0) is 30.7 Å². The Kier molecular flexibility index (Phi) is 4.76. The zero-order valence-corrected chi connectivity index (χ0v) is 10.6. The van der Waals surface area contributed by atoms with Crippen LogP contribution in [0.5, 0.6) is 0 Å². The van der Waals surface area contributed by atoms with Gasteiger partial charge in [-0.3, -0.25) is 4.79 Å². The van der Waals surface area contributed by atoms with E-state index in [0.717, 1.165) is 5.56 Å². The Morgan fingerprint density at radius 3 is 2.61 bits per heavy atom. The van der Waals surface area contributed by atoms with Gasteiger partial charge in [0.25, 0.3) is 0 Å². The van der Waals surface area contributed by atoms with Gasteiger partial charge in [0, 0.05) is 6.42 Å². The SMILES string of the molecule is O=C(CC1CCC1)NC(CO)Cc1ccccc1. The van der Waals surface area contributed by atoms with Crippen molar-refractivity contribution in [2.45, 2.75) is 38.1 Å². The molecule has 1 aliphatic rings. The zero-order chi connectivity index (χ0) is 12.8. The summed E-state index contributed by atoms with van der Waals surface area (Å²) in [6.07, 6.45) is 4.91. The van der Waals surface area contributed by atoms with Crippen LogP contribution in [0.4, 0.5) is 0 Å². The normalized spacial score (nSPS) is 16.9. The van der Waals surface area contributed by atoms with E-state index >= 15 is 0 Å². The van der Waals surface area contributed by atoms with Gasteiger partial charge in [-0.1, -0.05) is 36.8 Å². The Hall–Kier alpha value is -1.35. The molecule has 1 aliphatic carbocycles. The van der Waals surface area contributed by atoms with Crippen molar-refractivity contribution in [2.24, 2.45) is 5.92 Å². The number of nitrogens with one attached hydrogen (secondary N) is 1. The zero-order valence-electron chi connectivity index (χ0n) is 10.6. The Labute approximate surface area is 108 Å². The number of aliphatic hydroxyl groups is 1. The van der Waals surface area contributed by atoms with Crippen molar-refractivity contribution in [3.63, 3.8) is 0 Å². The number of carbonyl (C=O) groups excluding carboxylic acids is 1. The van der Waals surface area contributed by atoms with Crippen LogP contribution in [-0.2, 0) is 11.2 Å². The van der Waals surface area contributed by atoms with E-state index in [1.54, 1.807) is 0 Å². The van der Waals surface area contributed by atoms with Crippen LogP contribution in [0.2, 0.25) is 0 Å². The fraction of sp³-hybridized carbons (Fsp3) is 0.533. The predicted molar refractivity (Wildman–Crippen MR) is 71.1 cm³/mol. The maximum absolute atomic E-state index is 11.8. The van der Waals surface area contributed by atoms with E-state index in [4.69, 9.17) is 0 Å². The molecule has 1 aromatic carbocycles. The van der Waals surface area contributed by atoms with E-state index in [1.165, 1.54) is 19.3 Å². The quantitative estimate of drug-likeness (QED) is 0.806. The molecule has 18 heavy (non-hydrogen) atoms. The number of benzene rings is 1. The minimum absolute atomic E-state index is 0.00863. The molecule has 1 aromatic rings. The first-order chi connectivity index (χ1) is 8.78. The fourth-order valence-corrected chi connectivity index (χ4v) is 2.31. The molecule has 0 radical (unpaired) electrons. The van der Waals surface area contributed by atoms with E-state index in [1.807, 2.05) is 30.3 Å². The summed E-state index contributed by atoms with van der Waals surface area (Å²) in [5.74, 6) is 0.649. The molecular weight excluding hydrogens is 226 g/mol. The van der Waals surface area contributed by atoms with Crippen LogP contribution >= 0.6 is 0 Å². The maximum atomic E-state index is 11.8. The number of amides is 1. The van der Waals surface area contributed by atoms with Crippen molar-refractivity contribution in [1.82, 2.24) is 5.32 Å². The summed E-state index contributed by atoms with van der Waals surface area (Å²) in [7, 11) is 0. The molecule has 0 aliphatic heterocycles. The van der Waals surface area contributed by atoms with Gasteiger partial charge in [0.1, 0.15) is 0 Å². The van der Waals surface area contributed by atoms with Crippen molar-refractivity contribution in [1.29, 1.82) is 0 Å². The third kappa shape index (κ3) is 3.84. The highest BCUT2D eigenvalue weighted by Crippen LogP contribution is 2.29. The van der Waals surface area contributed by atoms with E-state index in [2.05, 4.69) is 5.32 Å². The van der Waals surface area contributed by atoms with Gasteiger partial charge < -0.3 is 10.4 Å². The molecular formula is C15H21NO2. The lowest BCUT2D eigenvalue weighted by atomic mass is 9.83. The van der Waals surface area contributed by atoms with Crippen molar-refractivity contribution in [3.8, 4) is 0 Å². The number of rotatable bonds is 6. The first-order valence-corrected chi connectivity index (χ1v) is 6.72. The van der Waals surface area contributed by atoms with Crippen molar-refractivity contribution >= 4 is 5.91 Å². The molecule has 0 spiro atoms. The summed E-state index contributed by atoms with van der Waals surface area (Å²) in [4.78, 5) is 11.8. The average molecular weight is 247 g/mol. The molecule has 2 rings (SSSR count). The van der Waals surface area contributed by atoms with Crippen molar-refractivity contribution in [2.75, 3.05) is 6.61 Å². The van der Waals surface area contributed by atoms with E-state index < -0.39 is 0 Å². The lowest BCUT2D eigenvalue weighted by Gasteiger charge is -2.25. The number of carbonyl (C=O) groups is 1. The molecule has 1 unspecified atom stereocenters. The fourth-order valence-electron chi connectivity index (χ4n) is 2.31. The lowest BCUT2D eigenvalue weighted by molar-refractivity contribution is -0.123. The van der Waals surface area contributed by atoms with Crippen LogP contribution in [-0.4, -0.2) is 23.7 Å². The largest absolute Gasteiger partial charge is 0.394 e. The second-order valence-electron chi connectivity index (χ2n) is 5.14. The average Bonchev–Trinajstić information content (AvgIpc) is 2.34. The van der Waals surface area contributed by atoms with E-state index in [9.17, 15) is 9.90 Å². The molecule has 3 heteroatoms. The molecule has 1 saturated carbocycles. The summed E-state index contributed by atoms with van der Waals surface area (Å²) in [6, 6.07) is 9.77. The van der Waals surface area contributed by atoms with Crippen molar-refractivity contribution < 1.29 is 9.90 Å². The third-order valence-corrected chi connectivity index (χ3v) is 3.61. The number of aliphatic hydroxyl groups excluding tert-OH is 1. The van der Waals surface area contributed by atoms with Gasteiger partial charge >= 0.3 is 0 Å². The first kappa shape index (κ1) is 13.1. The molecule has 3 nitrogen and oxygen atoms in total. The highest BCUT2D eigenvalue weighted by atomic mass is 16.3. The molecule has 1 atom stereocenters. The summed E-state index contributed by atoms with van der Waals surface area (Å²) in [5.41, 5.74) is 1.14. The third-order valence-electron chi connectivity index (χ3n) is 3.61. The van der Waals surface area contributed by atoms with Crippen LogP contribution in [0.15, 0.2) is 30.3 Å². The number of hydrogen-bond acceptors (Lipinski definition) is 2. The minimum Gasteiger partial charge on any atom is -0.394 e. The summed E-state index contributed by atoms with van der Waals surface area (Å²) in [6.45, 7) is -0.00863. The monoisotopic (exact) mass is 247 g/mol. The standard InChI is InChI=1S/C15H21NO2/c17-11-14(9-12-5-2-1-3-6-12)16-15(18)10-13-7-4-8-13/h1-3,5-6,13-14,17H,4,7-11H2,(H,16,18). The second-order valence-corrected chi connectivity index (χ2v) is 5.14. The Balaban J connectivity index is 1.79. The smallest absolute Gasteiger partial charge is 0.220 e. The highest BCUT2D eigenvalue weighted by molar-refractivity contribution is 5.76. The Bertz CT molecular complexity index is 373. The van der Waals surface area contributed by atoms with Crippen LogP contribution in [0.1, 0.15) is 31.2 Å². The van der Waals surface area contributed by atoms with Gasteiger partial charge in [-0.25, -0.2) is 0 Å². The van der Waals surface area contributed by atoms with E-state index in [0.29, 0.717) is 18.8 Å². The van der Waals surface area contributed by atoms with Crippen LogP contribution in [0, 0.1) is 5.92 Å². The molecule has 0 aromatic heterocycles. The van der Waals surface area contributed by atoms with Crippen LogP contribution in [0.25, 0.3) is 0 Å². The van der Waals surface area contributed by atoms with Gasteiger partial charge in [0.05, 0.1) is 12.6 Å². The first-order valence-electron chi connectivity index (χ1n) is 6.72.